The fourth-order valence-electron chi connectivity index (χ4n) is 3.27. The molecule has 6 nitrogen and oxygen atoms in total. The van der Waals surface area contributed by atoms with Gasteiger partial charge in [-0.25, -0.2) is 4.98 Å². The molecule has 0 saturated heterocycles. The minimum atomic E-state index is -4.61. The minimum absolute atomic E-state index is 0.117. The van der Waals surface area contributed by atoms with Gasteiger partial charge in [0.05, 0.1) is 16.6 Å². The number of rotatable bonds is 9. The molecule has 11 heteroatoms. The van der Waals surface area contributed by atoms with E-state index in [9.17, 15) is 27.6 Å². The van der Waals surface area contributed by atoms with Crippen LogP contribution in [-0.4, -0.2) is 35.0 Å². The van der Waals surface area contributed by atoms with E-state index in [4.69, 9.17) is 11.6 Å². The van der Waals surface area contributed by atoms with Gasteiger partial charge in [-0.05, 0) is 36.2 Å². The first kappa shape index (κ1) is 29.5. The first-order valence-corrected chi connectivity index (χ1v) is 12.8. The van der Waals surface area contributed by atoms with Gasteiger partial charge in [0.15, 0.2) is 5.13 Å². The summed E-state index contributed by atoms with van der Waals surface area (Å²) in [6, 6.07) is 22.3. The maximum absolute atomic E-state index is 13.1. The molecule has 3 aromatic carbocycles. The molecule has 0 unspecified atom stereocenters. The van der Waals surface area contributed by atoms with Gasteiger partial charge in [0.1, 0.15) is 0 Å². The molecular weight excluding hydrogens is 551 g/mol. The Labute approximate surface area is 231 Å². The van der Waals surface area contributed by atoms with E-state index in [0.29, 0.717) is 35.8 Å². The van der Waals surface area contributed by atoms with Crippen molar-refractivity contribution in [2.45, 2.75) is 12.6 Å². The van der Waals surface area contributed by atoms with Gasteiger partial charge in [0, 0.05) is 29.8 Å². The molecule has 2 N–H and O–H groups in total. The number of hydrogen-bond donors (Lipinski definition) is 2. The molecule has 39 heavy (non-hydrogen) atoms. The number of alkyl halides is 3. The van der Waals surface area contributed by atoms with Crippen molar-refractivity contribution >= 4 is 45.0 Å². The van der Waals surface area contributed by atoms with Crippen LogP contribution < -0.4 is 10.6 Å². The van der Waals surface area contributed by atoms with Crippen LogP contribution in [0.5, 0.6) is 0 Å². The average Bonchev–Trinajstić information content (AvgIpc) is 3.42. The van der Waals surface area contributed by atoms with Crippen molar-refractivity contribution in [3.63, 3.8) is 0 Å². The summed E-state index contributed by atoms with van der Waals surface area (Å²) in [6.07, 6.45) is -2.74. The number of ketones is 1. The van der Waals surface area contributed by atoms with Crippen molar-refractivity contribution in [3.8, 4) is 0 Å². The maximum atomic E-state index is 13.1. The SMILES string of the molecule is O=C(Cl)c1ccccc1.O=C(NCCCNc1ncc(C(=O)c2ccccc2C(F)(F)F)s1)c1ccccc1. The summed E-state index contributed by atoms with van der Waals surface area (Å²) < 4.78 is 39.4. The number of nitrogens with zero attached hydrogens (tertiary/aromatic N) is 1. The smallest absolute Gasteiger partial charge is 0.361 e. The quantitative estimate of drug-likeness (QED) is 0.132. The molecule has 0 fully saturated rings. The monoisotopic (exact) mass is 573 g/mol. The van der Waals surface area contributed by atoms with E-state index in [-0.39, 0.29) is 10.8 Å². The van der Waals surface area contributed by atoms with E-state index in [1.165, 1.54) is 18.3 Å². The lowest BCUT2D eigenvalue weighted by atomic mass is 10.0. The summed E-state index contributed by atoms with van der Waals surface area (Å²) in [7, 11) is 0. The Morgan fingerprint density at radius 2 is 1.41 bits per heavy atom. The number of hydrogen-bond acceptors (Lipinski definition) is 6. The number of carbonyl (C=O) groups excluding carboxylic acids is 3. The molecule has 1 aromatic heterocycles. The van der Waals surface area contributed by atoms with Crippen molar-refractivity contribution < 1.29 is 27.6 Å². The molecule has 0 aliphatic carbocycles. The molecule has 4 rings (SSSR count). The summed E-state index contributed by atoms with van der Waals surface area (Å²) in [4.78, 5) is 39.0. The standard InChI is InChI=1S/C21H18F3N3O2S.C7H5ClO/c22-21(23,24)16-10-5-4-9-15(16)18(28)17-13-27-20(30-17)26-12-6-11-25-19(29)14-7-2-1-3-8-14;8-7(9)6-4-2-1-3-5-6/h1-5,7-10,13H,6,11-12H2,(H,25,29)(H,26,27);1-5H. The van der Waals surface area contributed by atoms with E-state index in [1.807, 2.05) is 12.1 Å². The zero-order valence-corrected chi connectivity index (χ0v) is 21.9. The van der Waals surface area contributed by atoms with Gasteiger partial charge in [-0.1, -0.05) is 78.1 Å². The molecule has 0 spiro atoms. The highest BCUT2D eigenvalue weighted by molar-refractivity contribution is 7.17. The van der Waals surface area contributed by atoms with Crippen LogP contribution in [0.1, 0.15) is 47.9 Å². The number of halogens is 4. The van der Waals surface area contributed by atoms with Crippen molar-refractivity contribution in [2.75, 3.05) is 18.4 Å². The molecular formula is C28H23ClF3N3O3S. The second kappa shape index (κ2) is 14.2. The summed E-state index contributed by atoms with van der Waals surface area (Å²) in [5.41, 5.74) is -0.247. The number of anilines is 1. The van der Waals surface area contributed by atoms with Crippen LogP contribution in [0.2, 0.25) is 0 Å². The van der Waals surface area contributed by atoms with Crippen molar-refractivity contribution in [1.82, 2.24) is 10.3 Å². The molecule has 0 saturated carbocycles. The molecule has 4 aromatic rings. The van der Waals surface area contributed by atoms with Gasteiger partial charge in [0.25, 0.3) is 11.1 Å². The van der Waals surface area contributed by atoms with Crippen LogP contribution in [0, 0.1) is 0 Å². The Balaban J connectivity index is 0.000000395. The Bertz CT molecular complexity index is 1400. The van der Waals surface area contributed by atoms with E-state index in [0.717, 1.165) is 23.5 Å². The van der Waals surface area contributed by atoms with Crippen LogP contribution in [0.25, 0.3) is 0 Å². The summed E-state index contributed by atoms with van der Waals surface area (Å²) in [5.74, 6) is -0.885. The zero-order chi connectivity index (χ0) is 28.3. The fourth-order valence-corrected chi connectivity index (χ4v) is 4.19. The maximum Gasteiger partial charge on any atom is 0.417 e. The third-order valence-electron chi connectivity index (χ3n) is 5.16. The molecule has 0 atom stereocenters. The summed E-state index contributed by atoms with van der Waals surface area (Å²) >= 11 is 6.15. The van der Waals surface area contributed by atoms with Crippen molar-refractivity contribution in [1.29, 1.82) is 0 Å². The van der Waals surface area contributed by atoms with Gasteiger partial charge in [0.2, 0.25) is 5.78 Å². The van der Waals surface area contributed by atoms with Gasteiger partial charge < -0.3 is 10.6 Å². The Morgan fingerprint density at radius 1 is 0.821 bits per heavy atom. The molecule has 202 valence electrons. The van der Waals surface area contributed by atoms with Gasteiger partial charge in [-0.15, -0.1) is 0 Å². The predicted octanol–water partition coefficient (Wildman–Crippen LogP) is 6.69. The molecule has 0 radical (unpaired) electrons. The van der Waals surface area contributed by atoms with Crippen LogP contribution in [-0.2, 0) is 6.18 Å². The fraction of sp³-hybridized carbons (Fsp3) is 0.143. The third kappa shape index (κ3) is 9.05. The first-order valence-electron chi connectivity index (χ1n) is 11.7. The molecule has 1 amide bonds. The van der Waals surface area contributed by atoms with Crippen LogP contribution in [0.15, 0.2) is 91.1 Å². The average molecular weight is 574 g/mol. The van der Waals surface area contributed by atoms with Crippen molar-refractivity contribution in [2.24, 2.45) is 0 Å². The van der Waals surface area contributed by atoms with Crippen LogP contribution in [0.3, 0.4) is 0 Å². The van der Waals surface area contributed by atoms with E-state index in [1.54, 1.807) is 48.5 Å². The van der Waals surface area contributed by atoms with Crippen LogP contribution >= 0.6 is 22.9 Å². The van der Waals surface area contributed by atoms with Gasteiger partial charge >= 0.3 is 6.18 Å². The molecule has 0 aliphatic rings. The molecule has 0 aliphatic heterocycles. The summed E-state index contributed by atoms with van der Waals surface area (Å²) in [5, 5.41) is 5.83. The van der Waals surface area contributed by atoms with Crippen molar-refractivity contribution in [3.05, 3.63) is 118 Å². The Morgan fingerprint density at radius 3 is 2.00 bits per heavy atom. The zero-order valence-electron chi connectivity index (χ0n) is 20.4. The predicted molar refractivity (Wildman–Crippen MR) is 145 cm³/mol. The molecule has 1 heterocycles. The van der Waals surface area contributed by atoms with E-state index < -0.39 is 28.3 Å². The van der Waals surface area contributed by atoms with Gasteiger partial charge in [-0.3, -0.25) is 14.4 Å². The van der Waals surface area contributed by atoms with E-state index >= 15 is 0 Å². The number of benzene rings is 3. The third-order valence-corrected chi connectivity index (χ3v) is 6.33. The van der Waals surface area contributed by atoms with Gasteiger partial charge in [-0.2, -0.15) is 13.2 Å². The second-order valence-corrected chi connectivity index (χ2v) is 9.32. The topological polar surface area (TPSA) is 88.2 Å². The number of thiazole rings is 1. The second-order valence-electron chi connectivity index (χ2n) is 7.94. The summed E-state index contributed by atoms with van der Waals surface area (Å²) in [6.45, 7) is 0.923. The van der Waals surface area contributed by atoms with E-state index in [2.05, 4.69) is 15.6 Å². The minimum Gasteiger partial charge on any atom is -0.361 e. The highest BCUT2D eigenvalue weighted by Gasteiger charge is 2.35. The largest absolute Gasteiger partial charge is 0.417 e. The normalized spacial score (nSPS) is 10.7. The Kier molecular flexibility index (Phi) is 10.8. The highest BCUT2D eigenvalue weighted by atomic mass is 35.5. The number of aromatic nitrogens is 1. The first-order chi connectivity index (χ1) is 18.7. The lowest BCUT2D eigenvalue weighted by molar-refractivity contribution is -0.137. The highest BCUT2D eigenvalue weighted by Crippen LogP contribution is 2.33. The van der Waals surface area contributed by atoms with Crippen LogP contribution in [0.4, 0.5) is 18.3 Å². The lowest BCUT2D eigenvalue weighted by Crippen LogP contribution is -2.25. The Hall–Kier alpha value is -4.02. The number of carbonyl (C=O) groups is 3. The number of nitrogens with one attached hydrogen (secondary N) is 2. The lowest BCUT2D eigenvalue weighted by Gasteiger charge is -2.10. The molecule has 0 bridgehead atoms. The number of amides is 1.